The first kappa shape index (κ1) is 15.8. The Bertz CT molecular complexity index is 915. The van der Waals surface area contributed by atoms with E-state index < -0.39 is 5.41 Å². The minimum absolute atomic E-state index is 0.108. The molecule has 0 spiro atoms. The van der Waals surface area contributed by atoms with Crippen molar-refractivity contribution in [1.29, 1.82) is 0 Å². The van der Waals surface area contributed by atoms with Gasteiger partial charge in [-0.2, -0.15) is 0 Å². The van der Waals surface area contributed by atoms with Gasteiger partial charge in [-0.15, -0.1) is 0 Å². The number of imidazole rings is 1. The van der Waals surface area contributed by atoms with Crippen LogP contribution >= 0.6 is 0 Å². The highest BCUT2D eigenvalue weighted by molar-refractivity contribution is 6.07. The lowest BCUT2D eigenvalue weighted by Gasteiger charge is -2.22. The number of amides is 1. The molecule has 5 heteroatoms. The van der Waals surface area contributed by atoms with Crippen molar-refractivity contribution in [1.82, 2.24) is 15.0 Å². The second-order valence-corrected chi connectivity index (χ2v) is 7.37. The van der Waals surface area contributed by atoms with Gasteiger partial charge in [0.2, 0.25) is 5.91 Å². The summed E-state index contributed by atoms with van der Waals surface area (Å²) in [7, 11) is 0. The second kappa shape index (κ2) is 5.41. The molecule has 0 bridgehead atoms. The minimum atomic E-state index is -0.485. The number of anilines is 1. The first-order valence-corrected chi connectivity index (χ1v) is 8.61. The Kier molecular flexibility index (Phi) is 3.42. The summed E-state index contributed by atoms with van der Waals surface area (Å²) in [5.74, 6) is 1.000. The number of H-pyrrole nitrogens is 1. The largest absolute Gasteiger partial charge is 0.342 e. The molecule has 0 fully saturated rings. The van der Waals surface area contributed by atoms with E-state index in [0.717, 1.165) is 47.0 Å². The Morgan fingerprint density at radius 2 is 1.92 bits per heavy atom. The molecule has 4 rings (SSSR count). The topological polar surface area (TPSA) is 61.9 Å². The molecule has 3 heterocycles. The highest BCUT2D eigenvalue weighted by Crippen LogP contribution is 2.48. The number of pyridine rings is 1. The average molecular weight is 334 g/mol. The van der Waals surface area contributed by atoms with Gasteiger partial charge < -0.3 is 4.98 Å². The molecule has 0 atom stereocenters. The zero-order valence-electron chi connectivity index (χ0n) is 15.1. The van der Waals surface area contributed by atoms with Crippen molar-refractivity contribution in [2.45, 2.75) is 40.5 Å². The van der Waals surface area contributed by atoms with E-state index in [0.29, 0.717) is 0 Å². The summed E-state index contributed by atoms with van der Waals surface area (Å²) < 4.78 is 0. The van der Waals surface area contributed by atoms with Crippen LogP contribution in [0.2, 0.25) is 0 Å². The summed E-state index contributed by atoms with van der Waals surface area (Å²) in [4.78, 5) is 27.1. The lowest BCUT2D eigenvalue weighted by atomic mass is 9.80. The summed E-state index contributed by atoms with van der Waals surface area (Å²) in [5, 5.41) is 0. The molecule has 2 aliphatic rings. The molecule has 1 amide bonds. The zero-order valence-corrected chi connectivity index (χ0v) is 15.1. The first-order chi connectivity index (χ1) is 11.9. The molecule has 0 aromatic carbocycles. The minimum Gasteiger partial charge on any atom is -0.342 e. The summed E-state index contributed by atoms with van der Waals surface area (Å²) in [6.45, 7) is 7.98. The first-order valence-electron chi connectivity index (χ1n) is 8.61. The summed E-state index contributed by atoms with van der Waals surface area (Å²) in [6, 6.07) is 3.91. The van der Waals surface area contributed by atoms with Crippen molar-refractivity contribution in [3.8, 4) is 0 Å². The Morgan fingerprint density at radius 3 is 2.56 bits per heavy atom. The van der Waals surface area contributed by atoms with Crippen LogP contribution in [-0.2, 0) is 4.79 Å². The maximum absolute atomic E-state index is 13.1. The monoisotopic (exact) mass is 334 g/mol. The van der Waals surface area contributed by atoms with Crippen LogP contribution in [0.3, 0.4) is 0 Å². The predicted molar refractivity (Wildman–Crippen MR) is 97.8 cm³/mol. The van der Waals surface area contributed by atoms with Crippen LogP contribution < -0.4 is 4.90 Å². The SMILES string of the molecule is Cc1ccc(N2C(=O)C(C)(C)C3=C2C=C(c2ncc(C)[nH]2)CC3)cn1. The van der Waals surface area contributed by atoms with E-state index in [4.69, 9.17) is 0 Å². The fourth-order valence-corrected chi connectivity index (χ4v) is 3.67. The third-order valence-corrected chi connectivity index (χ3v) is 5.16. The molecule has 0 saturated carbocycles. The van der Waals surface area contributed by atoms with Gasteiger partial charge in [0.05, 0.1) is 17.3 Å². The van der Waals surface area contributed by atoms with Gasteiger partial charge in [-0.05, 0) is 69.9 Å². The number of rotatable bonds is 2. The Labute approximate surface area is 147 Å². The summed E-state index contributed by atoms with van der Waals surface area (Å²) in [5.41, 5.74) is 5.64. The van der Waals surface area contributed by atoms with E-state index in [1.165, 1.54) is 5.57 Å². The quantitative estimate of drug-likeness (QED) is 0.905. The Morgan fingerprint density at radius 1 is 1.12 bits per heavy atom. The highest BCUT2D eigenvalue weighted by Gasteiger charge is 2.46. The maximum atomic E-state index is 13.1. The normalized spacial score (nSPS) is 19.3. The van der Waals surface area contributed by atoms with Gasteiger partial charge in [-0.3, -0.25) is 14.7 Å². The number of carbonyl (C=O) groups excluding carboxylic acids is 1. The van der Waals surface area contributed by atoms with Crippen molar-refractivity contribution < 1.29 is 4.79 Å². The van der Waals surface area contributed by atoms with Gasteiger partial charge in [-0.25, -0.2) is 4.98 Å². The molecular formula is C20H22N4O. The lowest BCUT2D eigenvalue weighted by Crippen LogP contribution is -2.33. The second-order valence-electron chi connectivity index (χ2n) is 7.37. The van der Waals surface area contributed by atoms with E-state index in [1.807, 2.05) is 50.9 Å². The summed E-state index contributed by atoms with van der Waals surface area (Å²) in [6.07, 6.45) is 7.49. The molecule has 0 radical (unpaired) electrons. The van der Waals surface area contributed by atoms with Crippen molar-refractivity contribution >= 4 is 17.2 Å². The molecule has 1 aliphatic carbocycles. The van der Waals surface area contributed by atoms with Crippen LogP contribution in [0.5, 0.6) is 0 Å². The number of nitrogens with zero attached hydrogens (tertiary/aromatic N) is 3. The van der Waals surface area contributed by atoms with Crippen molar-refractivity contribution in [2.24, 2.45) is 5.41 Å². The summed E-state index contributed by atoms with van der Waals surface area (Å²) >= 11 is 0. The standard InChI is InChI=1S/C20H22N4O/c1-12-5-7-15(11-21-12)24-17-9-14(18-22-10-13(2)23-18)6-8-16(17)20(3,4)19(24)25/h5,7,9-11H,6,8H2,1-4H3,(H,22,23). The molecule has 128 valence electrons. The number of aryl methyl sites for hydroxylation is 2. The smallest absolute Gasteiger partial charge is 0.241 e. The van der Waals surface area contributed by atoms with Gasteiger partial charge in [0, 0.05) is 23.3 Å². The van der Waals surface area contributed by atoms with Gasteiger partial charge in [-0.1, -0.05) is 0 Å². The molecule has 25 heavy (non-hydrogen) atoms. The maximum Gasteiger partial charge on any atom is 0.241 e. The van der Waals surface area contributed by atoms with E-state index >= 15 is 0 Å². The number of hydrogen-bond donors (Lipinski definition) is 1. The highest BCUT2D eigenvalue weighted by atomic mass is 16.2. The van der Waals surface area contributed by atoms with E-state index in [1.54, 1.807) is 6.20 Å². The van der Waals surface area contributed by atoms with Crippen LogP contribution in [0, 0.1) is 19.3 Å². The van der Waals surface area contributed by atoms with Crippen LogP contribution in [0.15, 0.2) is 41.9 Å². The van der Waals surface area contributed by atoms with Crippen LogP contribution in [0.4, 0.5) is 5.69 Å². The van der Waals surface area contributed by atoms with Gasteiger partial charge >= 0.3 is 0 Å². The number of carbonyl (C=O) groups is 1. The van der Waals surface area contributed by atoms with Crippen LogP contribution in [0.1, 0.15) is 43.9 Å². The third kappa shape index (κ3) is 2.42. The lowest BCUT2D eigenvalue weighted by molar-refractivity contribution is -0.123. The van der Waals surface area contributed by atoms with Gasteiger partial charge in [0.15, 0.2) is 0 Å². The van der Waals surface area contributed by atoms with Crippen molar-refractivity contribution in [3.05, 3.63) is 59.1 Å². The molecule has 2 aromatic heterocycles. The van der Waals surface area contributed by atoms with Gasteiger partial charge in [0.25, 0.3) is 0 Å². The Hall–Kier alpha value is -2.69. The molecule has 1 aliphatic heterocycles. The van der Waals surface area contributed by atoms with Crippen LogP contribution in [-0.4, -0.2) is 20.9 Å². The molecule has 1 N–H and O–H groups in total. The predicted octanol–water partition coefficient (Wildman–Crippen LogP) is 3.93. The number of nitrogens with one attached hydrogen (secondary N) is 1. The van der Waals surface area contributed by atoms with Crippen LogP contribution in [0.25, 0.3) is 5.57 Å². The van der Waals surface area contributed by atoms with Gasteiger partial charge in [0.1, 0.15) is 5.82 Å². The molecular weight excluding hydrogens is 312 g/mol. The van der Waals surface area contributed by atoms with E-state index in [-0.39, 0.29) is 5.91 Å². The fourth-order valence-electron chi connectivity index (χ4n) is 3.67. The molecule has 0 saturated heterocycles. The average Bonchev–Trinajstić information content (AvgIpc) is 3.10. The van der Waals surface area contributed by atoms with Crippen molar-refractivity contribution in [2.75, 3.05) is 4.90 Å². The number of aromatic nitrogens is 3. The van der Waals surface area contributed by atoms with E-state index in [9.17, 15) is 4.79 Å². The van der Waals surface area contributed by atoms with E-state index in [2.05, 4.69) is 21.0 Å². The zero-order chi connectivity index (χ0) is 17.8. The fraction of sp³-hybridized carbons (Fsp3) is 0.350. The molecule has 2 aromatic rings. The number of aromatic amines is 1. The number of allylic oxidation sites excluding steroid dienone is 2. The van der Waals surface area contributed by atoms with Crippen molar-refractivity contribution in [3.63, 3.8) is 0 Å². The molecule has 5 nitrogen and oxygen atoms in total. The number of hydrogen-bond acceptors (Lipinski definition) is 3. The Balaban J connectivity index is 1.83. The third-order valence-electron chi connectivity index (χ3n) is 5.16. The molecule has 0 unspecified atom stereocenters.